The number of anilines is 1. The van der Waals surface area contributed by atoms with Crippen molar-refractivity contribution in [3.63, 3.8) is 0 Å². The minimum atomic E-state index is -1.29. The van der Waals surface area contributed by atoms with Crippen molar-refractivity contribution in [2.75, 3.05) is 5.32 Å². The van der Waals surface area contributed by atoms with E-state index < -0.39 is 16.8 Å². The van der Waals surface area contributed by atoms with Crippen LogP contribution in [0.3, 0.4) is 0 Å². The Balaban J connectivity index is 2.10. The fraction of sp³-hybridized carbons (Fsp3) is 0. The van der Waals surface area contributed by atoms with Crippen molar-refractivity contribution in [1.82, 2.24) is 0 Å². The summed E-state index contributed by atoms with van der Waals surface area (Å²) in [7, 11) is 0. The largest absolute Gasteiger partial charge is 0.508 e. The maximum atomic E-state index is 11.9. The highest BCUT2D eigenvalue weighted by Crippen LogP contribution is 2.21. The first-order valence-electron chi connectivity index (χ1n) is 6.66. The van der Waals surface area contributed by atoms with Crippen LogP contribution in [0.2, 0.25) is 0 Å². The van der Waals surface area contributed by atoms with E-state index in [0.717, 1.165) is 6.07 Å². The van der Waals surface area contributed by atoms with E-state index in [2.05, 4.69) is 5.32 Å². The molecule has 0 heterocycles. The fourth-order valence-electron chi connectivity index (χ4n) is 1.87. The molecule has 3 N–H and O–H groups in total. The second-order valence-electron chi connectivity index (χ2n) is 4.71. The van der Waals surface area contributed by atoms with Crippen molar-refractivity contribution < 1.29 is 24.7 Å². The zero-order valence-electron chi connectivity index (χ0n) is 12.2. The van der Waals surface area contributed by atoms with Crippen molar-refractivity contribution in [1.29, 1.82) is 0 Å². The van der Waals surface area contributed by atoms with Gasteiger partial charge in [0, 0.05) is 18.2 Å². The SMILES string of the molecule is O=C(/C=C/c1ccc([N+](=O)[O-])cc1)Nc1ccc(O)cc1C(=O)O. The van der Waals surface area contributed by atoms with Crippen LogP contribution in [-0.4, -0.2) is 27.0 Å². The van der Waals surface area contributed by atoms with Crippen LogP contribution in [0.15, 0.2) is 48.5 Å². The Morgan fingerprint density at radius 2 is 1.79 bits per heavy atom. The molecule has 2 aromatic rings. The van der Waals surface area contributed by atoms with Gasteiger partial charge in [-0.2, -0.15) is 0 Å². The van der Waals surface area contributed by atoms with Crippen LogP contribution in [0, 0.1) is 10.1 Å². The summed E-state index contributed by atoms with van der Waals surface area (Å²) < 4.78 is 0. The number of carbonyl (C=O) groups excluding carboxylic acids is 1. The molecule has 0 fully saturated rings. The number of carbonyl (C=O) groups is 2. The Bertz CT molecular complexity index is 827. The highest BCUT2D eigenvalue weighted by Gasteiger charge is 2.12. The number of hydrogen-bond acceptors (Lipinski definition) is 5. The number of nitrogens with zero attached hydrogens (tertiary/aromatic N) is 1. The molecule has 0 unspecified atom stereocenters. The van der Waals surface area contributed by atoms with E-state index in [-0.39, 0.29) is 22.7 Å². The van der Waals surface area contributed by atoms with E-state index in [1.165, 1.54) is 48.6 Å². The molecular formula is C16H12N2O6. The number of amides is 1. The predicted octanol–water partition coefficient (Wildman–Crippen LogP) is 2.65. The third kappa shape index (κ3) is 4.17. The summed E-state index contributed by atoms with van der Waals surface area (Å²) in [5.41, 5.74) is 0.303. The number of phenols is 1. The smallest absolute Gasteiger partial charge is 0.337 e. The average Bonchev–Trinajstić information content (AvgIpc) is 2.54. The normalized spacial score (nSPS) is 10.5. The predicted molar refractivity (Wildman–Crippen MR) is 85.8 cm³/mol. The maximum Gasteiger partial charge on any atom is 0.337 e. The van der Waals surface area contributed by atoms with Gasteiger partial charge in [-0.3, -0.25) is 14.9 Å². The third-order valence-corrected chi connectivity index (χ3v) is 3.02. The van der Waals surface area contributed by atoms with E-state index in [1.807, 2.05) is 0 Å². The molecular weight excluding hydrogens is 316 g/mol. The molecule has 8 heteroatoms. The Labute approximate surface area is 135 Å². The lowest BCUT2D eigenvalue weighted by Gasteiger charge is -2.06. The van der Waals surface area contributed by atoms with Crippen LogP contribution in [-0.2, 0) is 4.79 Å². The number of non-ortho nitro benzene ring substituents is 1. The fourth-order valence-corrected chi connectivity index (χ4v) is 1.87. The van der Waals surface area contributed by atoms with Crippen LogP contribution in [0.1, 0.15) is 15.9 Å². The molecule has 8 nitrogen and oxygen atoms in total. The number of aromatic carboxylic acids is 1. The zero-order valence-corrected chi connectivity index (χ0v) is 12.2. The molecule has 0 spiro atoms. The molecule has 0 aromatic heterocycles. The first-order valence-corrected chi connectivity index (χ1v) is 6.66. The van der Waals surface area contributed by atoms with Gasteiger partial charge in [0.1, 0.15) is 5.75 Å². The van der Waals surface area contributed by atoms with Gasteiger partial charge in [0.2, 0.25) is 5.91 Å². The first kappa shape index (κ1) is 16.7. The van der Waals surface area contributed by atoms with Gasteiger partial charge in [-0.25, -0.2) is 4.79 Å². The van der Waals surface area contributed by atoms with Gasteiger partial charge in [-0.15, -0.1) is 0 Å². The van der Waals surface area contributed by atoms with E-state index in [4.69, 9.17) is 5.11 Å². The molecule has 0 bridgehead atoms. The molecule has 0 atom stereocenters. The van der Waals surface area contributed by atoms with Crippen LogP contribution >= 0.6 is 0 Å². The Morgan fingerprint density at radius 3 is 2.38 bits per heavy atom. The second-order valence-corrected chi connectivity index (χ2v) is 4.71. The third-order valence-electron chi connectivity index (χ3n) is 3.02. The van der Waals surface area contributed by atoms with Crippen molar-refractivity contribution >= 4 is 29.3 Å². The van der Waals surface area contributed by atoms with Crippen LogP contribution in [0.25, 0.3) is 6.08 Å². The lowest BCUT2D eigenvalue weighted by Crippen LogP contribution is -2.11. The molecule has 0 aliphatic heterocycles. The van der Waals surface area contributed by atoms with Gasteiger partial charge >= 0.3 is 5.97 Å². The van der Waals surface area contributed by atoms with Crippen molar-refractivity contribution in [3.8, 4) is 5.75 Å². The highest BCUT2D eigenvalue weighted by molar-refractivity contribution is 6.06. The Kier molecular flexibility index (Phi) is 4.90. The van der Waals surface area contributed by atoms with Gasteiger partial charge in [0.05, 0.1) is 16.2 Å². The van der Waals surface area contributed by atoms with E-state index in [0.29, 0.717) is 5.56 Å². The topological polar surface area (TPSA) is 130 Å². The van der Waals surface area contributed by atoms with E-state index >= 15 is 0 Å². The number of rotatable bonds is 5. The number of aromatic hydroxyl groups is 1. The molecule has 1 amide bonds. The molecule has 0 saturated heterocycles. The van der Waals surface area contributed by atoms with Gasteiger partial charge < -0.3 is 15.5 Å². The highest BCUT2D eigenvalue weighted by atomic mass is 16.6. The molecule has 24 heavy (non-hydrogen) atoms. The summed E-state index contributed by atoms with van der Waals surface area (Å²) in [6.45, 7) is 0. The monoisotopic (exact) mass is 328 g/mol. The average molecular weight is 328 g/mol. The zero-order chi connectivity index (χ0) is 17.7. The van der Waals surface area contributed by atoms with Crippen LogP contribution in [0.4, 0.5) is 11.4 Å². The number of nitro groups is 1. The molecule has 2 aromatic carbocycles. The Morgan fingerprint density at radius 1 is 1.12 bits per heavy atom. The summed E-state index contributed by atoms with van der Waals surface area (Å²) >= 11 is 0. The molecule has 0 aliphatic carbocycles. The minimum absolute atomic E-state index is 0.0404. The van der Waals surface area contributed by atoms with Crippen molar-refractivity contribution in [3.05, 3.63) is 69.8 Å². The number of nitro benzene ring substituents is 1. The summed E-state index contributed by atoms with van der Waals surface area (Å²) in [5, 5.41) is 31.3. The number of benzene rings is 2. The maximum absolute atomic E-state index is 11.9. The van der Waals surface area contributed by atoms with Gasteiger partial charge in [0.25, 0.3) is 5.69 Å². The Hall–Kier alpha value is -3.68. The van der Waals surface area contributed by atoms with Crippen LogP contribution in [0.5, 0.6) is 5.75 Å². The number of hydrogen-bond donors (Lipinski definition) is 3. The first-order chi connectivity index (χ1) is 11.4. The second kappa shape index (κ2) is 7.05. The van der Waals surface area contributed by atoms with Gasteiger partial charge in [-0.1, -0.05) is 0 Å². The number of phenolic OH excluding ortho intramolecular Hbond substituents is 1. The summed E-state index contributed by atoms with van der Waals surface area (Å²) in [4.78, 5) is 33.0. The summed E-state index contributed by atoms with van der Waals surface area (Å²) in [6, 6.07) is 9.12. The van der Waals surface area contributed by atoms with E-state index in [9.17, 15) is 24.8 Å². The number of carboxylic acid groups (broad SMARTS) is 1. The summed E-state index contributed by atoms with van der Waals surface area (Å²) in [5.74, 6) is -2.10. The molecule has 2 rings (SSSR count). The molecule has 0 saturated carbocycles. The van der Waals surface area contributed by atoms with Crippen molar-refractivity contribution in [2.24, 2.45) is 0 Å². The molecule has 0 aliphatic rings. The standard InChI is InChI=1S/C16H12N2O6/c19-12-6-7-14(13(9-12)16(21)22)17-15(20)8-3-10-1-4-11(5-2-10)18(23)24/h1-9,19H,(H,17,20)(H,21,22)/b8-3+. The number of nitrogens with one attached hydrogen (secondary N) is 1. The lowest BCUT2D eigenvalue weighted by atomic mass is 10.1. The van der Waals surface area contributed by atoms with Crippen molar-refractivity contribution in [2.45, 2.75) is 0 Å². The number of carboxylic acids is 1. The minimum Gasteiger partial charge on any atom is -0.508 e. The lowest BCUT2D eigenvalue weighted by molar-refractivity contribution is -0.384. The molecule has 122 valence electrons. The summed E-state index contributed by atoms with van der Waals surface area (Å²) in [6.07, 6.45) is 2.60. The quantitative estimate of drug-likeness (QED) is 0.335. The van der Waals surface area contributed by atoms with Gasteiger partial charge in [0.15, 0.2) is 0 Å². The van der Waals surface area contributed by atoms with Gasteiger partial charge in [-0.05, 0) is 42.0 Å². The molecule has 0 radical (unpaired) electrons. The van der Waals surface area contributed by atoms with E-state index in [1.54, 1.807) is 0 Å². The van der Waals surface area contributed by atoms with Crippen LogP contribution < -0.4 is 5.32 Å².